The van der Waals surface area contributed by atoms with E-state index in [4.69, 9.17) is 0 Å². The molecule has 0 radical (unpaired) electrons. The third kappa shape index (κ3) is 3.58. The Morgan fingerprint density at radius 3 is 2.74 bits per heavy atom. The van der Waals surface area contributed by atoms with Gasteiger partial charge in [-0.25, -0.2) is 0 Å². The molecule has 1 aromatic carbocycles. The third-order valence-corrected chi connectivity index (χ3v) is 5.21. The van der Waals surface area contributed by atoms with Crippen LogP contribution in [0.2, 0.25) is 0 Å². The van der Waals surface area contributed by atoms with Crippen molar-refractivity contribution in [1.82, 2.24) is 5.32 Å². The van der Waals surface area contributed by atoms with E-state index >= 15 is 0 Å². The quantitative estimate of drug-likeness (QED) is 0.887. The molecule has 3 rings (SSSR count). The van der Waals surface area contributed by atoms with Gasteiger partial charge in [0.05, 0.1) is 10.4 Å². The molecule has 2 nitrogen and oxygen atoms in total. The molecule has 0 fully saturated rings. The number of hydrogen-bond acceptors (Lipinski definition) is 2. The maximum absolute atomic E-state index is 12.9. The Morgan fingerprint density at radius 1 is 1.22 bits per heavy atom. The number of amides is 1. The van der Waals surface area contributed by atoms with Crippen molar-refractivity contribution < 1.29 is 18.0 Å². The van der Waals surface area contributed by atoms with Crippen molar-refractivity contribution in [2.45, 2.75) is 31.9 Å². The lowest BCUT2D eigenvalue weighted by atomic mass is 10.0. The molecule has 1 N–H and O–H groups in total. The van der Waals surface area contributed by atoms with Crippen LogP contribution in [0.15, 0.2) is 30.3 Å². The van der Waals surface area contributed by atoms with Gasteiger partial charge in [-0.2, -0.15) is 13.2 Å². The van der Waals surface area contributed by atoms with Gasteiger partial charge in [0.15, 0.2) is 0 Å². The fraction of sp³-hybridized carbons (Fsp3) is 0.353. The minimum absolute atomic E-state index is 0.159. The number of benzene rings is 1. The number of thiophene rings is 1. The van der Waals surface area contributed by atoms with Crippen LogP contribution >= 0.6 is 11.3 Å². The van der Waals surface area contributed by atoms with Gasteiger partial charge in [0.2, 0.25) is 0 Å². The molecule has 1 aliphatic rings. The molecule has 1 aromatic heterocycles. The molecule has 0 saturated carbocycles. The molecule has 23 heavy (non-hydrogen) atoms. The van der Waals surface area contributed by atoms with Gasteiger partial charge in [-0.1, -0.05) is 18.2 Å². The zero-order valence-electron chi connectivity index (χ0n) is 12.4. The van der Waals surface area contributed by atoms with Crippen molar-refractivity contribution in [2.75, 3.05) is 6.54 Å². The smallest absolute Gasteiger partial charge is 0.351 e. The highest BCUT2D eigenvalue weighted by molar-refractivity contribution is 7.14. The van der Waals surface area contributed by atoms with Gasteiger partial charge in [0.1, 0.15) is 0 Å². The predicted octanol–water partition coefficient (Wildman–Crippen LogP) is 4.23. The molecule has 0 atom stereocenters. The van der Waals surface area contributed by atoms with Gasteiger partial charge in [-0.05, 0) is 48.9 Å². The fourth-order valence-corrected chi connectivity index (χ4v) is 4.02. The molecule has 1 aliphatic carbocycles. The topological polar surface area (TPSA) is 29.1 Å². The summed E-state index contributed by atoms with van der Waals surface area (Å²) in [6, 6.07) is 7.38. The van der Waals surface area contributed by atoms with E-state index in [2.05, 4.69) is 5.32 Å². The van der Waals surface area contributed by atoms with Gasteiger partial charge < -0.3 is 5.32 Å². The Bertz CT molecular complexity index is 699. The molecular weight excluding hydrogens is 323 g/mol. The molecule has 0 bridgehead atoms. The highest BCUT2D eigenvalue weighted by Gasteiger charge is 2.32. The van der Waals surface area contributed by atoms with E-state index in [0.717, 1.165) is 25.3 Å². The molecule has 122 valence electrons. The highest BCUT2D eigenvalue weighted by atomic mass is 32.1. The number of halogens is 3. The molecule has 1 amide bonds. The summed E-state index contributed by atoms with van der Waals surface area (Å²) in [7, 11) is 0. The van der Waals surface area contributed by atoms with Crippen molar-refractivity contribution in [3.63, 3.8) is 0 Å². The van der Waals surface area contributed by atoms with Crippen molar-refractivity contribution in [3.05, 3.63) is 56.8 Å². The summed E-state index contributed by atoms with van der Waals surface area (Å²) in [4.78, 5) is 14.0. The Hall–Kier alpha value is -1.82. The van der Waals surface area contributed by atoms with Crippen LogP contribution in [0.1, 0.15) is 37.7 Å². The largest absolute Gasteiger partial charge is 0.416 e. The summed E-state index contributed by atoms with van der Waals surface area (Å²) in [5, 5.41) is 2.72. The van der Waals surface area contributed by atoms with Crippen LogP contribution in [-0.2, 0) is 25.4 Å². The molecule has 0 unspecified atom stereocenters. The first-order valence-corrected chi connectivity index (χ1v) is 8.31. The number of alkyl halides is 3. The van der Waals surface area contributed by atoms with E-state index in [-0.39, 0.29) is 24.4 Å². The molecule has 0 aliphatic heterocycles. The van der Waals surface area contributed by atoms with Gasteiger partial charge >= 0.3 is 6.18 Å². The Kier molecular flexibility index (Phi) is 4.43. The van der Waals surface area contributed by atoms with Gasteiger partial charge in [0, 0.05) is 11.4 Å². The first kappa shape index (κ1) is 16.1. The van der Waals surface area contributed by atoms with Crippen LogP contribution < -0.4 is 5.32 Å². The van der Waals surface area contributed by atoms with Crippen molar-refractivity contribution in [3.8, 4) is 0 Å². The minimum Gasteiger partial charge on any atom is -0.351 e. The second-order valence-corrected chi connectivity index (χ2v) is 6.71. The first-order valence-electron chi connectivity index (χ1n) is 7.50. The third-order valence-electron chi connectivity index (χ3n) is 3.97. The van der Waals surface area contributed by atoms with Gasteiger partial charge in [-0.15, -0.1) is 11.3 Å². The van der Waals surface area contributed by atoms with E-state index in [1.165, 1.54) is 33.9 Å². The minimum atomic E-state index is -4.37. The Balaban J connectivity index is 1.60. The molecule has 1 heterocycles. The molecule has 6 heteroatoms. The molecule has 0 spiro atoms. The van der Waals surface area contributed by atoms with E-state index in [0.29, 0.717) is 4.88 Å². The molecule has 0 saturated heterocycles. The highest BCUT2D eigenvalue weighted by Crippen LogP contribution is 2.32. The maximum atomic E-state index is 12.9. The van der Waals surface area contributed by atoms with E-state index in [1.54, 1.807) is 6.07 Å². The molecular formula is C17H16F3NOS. The summed E-state index contributed by atoms with van der Waals surface area (Å²) in [5.41, 5.74) is 0.806. The molecule has 2 aromatic rings. The second-order valence-electron chi connectivity index (χ2n) is 5.57. The average molecular weight is 339 g/mol. The second kappa shape index (κ2) is 6.35. The van der Waals surface area contributed by atoms with Crippen molar-refractivity contribution in [1.29, 1.82) is 0 Å². The SMILES string of the molecule is O=C(NCCc1ccccc1C(F)(F)F)c1cc2c(s1)CCC2. The first-order chi connectivity index (χ1) is 10.9. The summed E-state index contributed by atoms with van der Waals surface area (Å²) in [5.74, 6) is -0.200. The van der Waals surface area contributed by atoms with Gasteiger partial charge in [0.25, 0.3) is 5.91 Å². The van der Waals surface area contributed by atoms with Crippen LogP contribution in [0, 0.1) is 0 Å². The standard InChI is InChI=1S/C17H16F3NOS/c18-17(19,20)13-6-2-1-4-11(13)8-9-21-16(22)15-10-12-5-3-7-14(12)23-15/h1-2,4,6,10H,3,5,7-9H2,(H,21,22). The summed E-state index contributed by atoms with van der Waals surface area (Å²) >= 11 is 1.49. The zero-order valence-corrected chi connectivity index (χ0v) is 13.2. The van der Waals surface area contributed by atoms with Crippen LogP contribution in [0.4, 0.5) is 13.2 Å². The van der Waals surface area contributed by atoms with Crippen molar-refractivity contribution in [2.24, 2.45) is 0 Å². The summed E-state index contributed by atoms with van der Waals surface area (Å²) in [6.07, 6.45) is -1.04. The summed E-state index contributed by atoms with van der Waals surface area (Å²) < 4.78 is 38.7. The number of aryl methyl sites for hydroxylation is 2. The Labute approximate surface area is 136 Å². The van der Waals surface area contributed by atoms with E-state index in [1.807, 2.05) is 6.07 Å². The number of carbonyl (C=O) groups excluding carboxylic acids is 1. The number of rotatable bonds is 4. The van der Waals surface area contributed by atoms with E-state index < -0.39 is 11.7 Å². The van der Waals surface area contributed by atoms with Gasteiger partial charge in [-0.3, -0.25) is 4.79 Å². The lowest BCUT2D eigenvalue weighted by molar-refractivity contribution is -0.138. The average Bonchev–Trinajstić information content (AvgIpc) is 3.07. The monoisotopic (exact) mass is 339 g/mol. The van der Waals surface area contributed by atoms with Crippen LogP contribution in [-0.4, -0.2) is 12.5 Å². The van der Waals surface area contributed by atoms with Crippen LogP contribution in [0.3, 0.4) is 0 Å². The Morgan fingerprint density at radius 2 is 2.00 bits per heavy atom. The number of fused-ring (bicyclic) bond motifs is 1. The van der Waals surface area contributed by atoms with Crippen molar-refractivity contribution >= 4 is 17.2 Å². The maximum Gasteiger partial charge on any atom is 0.416 e. The normalized spacial score (nSPS) is 13.9. The zero-order chi connectivity index (χ0) is 16.4. The van der Waals surface area contributed by atoms with Crippen LogP contribution in [0.25, 0.3) is 0 Å². The van der Waals surface area contributed by atoms with Crippen LogP contribution in [0.5, 0.6) is 0 Å². The lowest BCUT2D eigenvalue weighted by Crippen LogP contribution is -2.25. The predicted molar refractivity (Wildman–Crippen MR) is 83.8 cm³/mol. The summed E-state index contributed by atoms with van der Waals surface area (Å²) in [6.45, 7) is 0.189. The number of hydrogen-bond donors (Lipinski definition) is 1. The number of nitrogens with one attached hydrogen (secondary N) is 1. The lowest BCUT2D eigenvalue weighted by Gasteiger charge is -2.12. The fourth-order valence-electron chi connectivity index (χ4n) is 2.85. The van der Waals surface area contributed by atoms with E-state index in [9.17, 15) is 18.0 Å². The number of carbonyl (C=O) groups is 1.